The third kappa shape index (κ3) is 5.32. The van der Waals surface area contributed by atoms with Crippen molar-refractivity contribution < 1.29 is 14.3 Å². The highest BCUT2D eigenvalue weighted by atomic mass is 16.5. The number of nitrogens with one attached hydrogen (secondary N) is 2. The largest absolute Gasteiger partial charge is 0.490 e. The number of imidazole rings is 1. The molecule has 3 rings (SSSR count). The van der Waals surface area contributed by atoms with Crippen molar-refractivity contribution in [2.24, 2.45) is 5.92 Å². The van der Waals surface area contributed by atoms with Gasteiger partial charge in [-0.15, -0.1) is 0 Å². The van der Waals surface area contributed by atoms with Gasteiger partial charge in [-0.25, -0.2) is 4.98 Å². The Bertz CT molecular complexity index is 948. The molecule has 1 amide bonds. The van der Waals surface area contributed by atoms with E-state index in [9.17, 15) is 4.79 Å². The first-order valence-electron chi connectivity index (χ1n) is 10.6. The van der Waals surface area contributed by atoms with Crippen LogP contribution in [0.25, 0.3) is 11.0 Å². The van der Waals surface area contributed by atoms with E-state index in [1.807, 2.05) is 56.3 Å². The Morgan fingerprint density at radius 2 is 1.80 bits per heavy atom. The summed E-state index contributed by atoms with van der Waals surface area (Å²) in [6, 6.07) is 13.7. The van der Waals surface area contributed by atoms with E-state index >= 15 is 0 Å². The van der Waals surface area contributed by atoms with E-state index in [-0.39, 0.29) is 17.9 Å². The number of para-hydroxylation sites is 2. The van der Waals surface area contributed by atoms with Gasteiger partial charge in [0.05, 0.1) is 30.3 Å². The molecule has 2 aromatic carbocycles. The number of hydrogen-bond donors (Lipinski definition) is 2. The van der Waals surface area contributed by atoms with Crippen molar-refractivity contribution in [1.29, 1.82) is 0 Å². The maximum Gasteiger partial charge on any atom is 0.220 e. The molecule has 1 heterocycles. The molecular formula is C24H31N3O3. The second-order valence-electron chi connectivity index (χ2n) is 7.56. The average Bonchev–Trinajstić information content (AvgIpc) is 3.15. The summed E-state index contributed by atoms with van der Waals surface area (Å²) in [7, 11) is 0. The van der Waals surface area contributed by atoms with E-state index in [0.717, 1.165) is 28.2 Å². The van der Waals surface area contributed by atoms with Crippen molar-refractivity contribution in [2.75, 3.05) is 13.2 Å². The first-order chi connectivity index (χ1) is 14.5. The average molecular weight is 410 g/mol. The molecule has 30 heavy (non-hydrogen) atoms. The molecule has 0 saturated carbocycles. The molecule has 0 aliphatic rings. The van der Waals surface area contributed by atoms with Crippen molar-refractivity contribution in [3.05, 3.63) is 53.9 Å². The lowest BCUT2D eigenvalue weighted by molar-refractivity contribution is -0.122. The normalized spacial score (nSPS) is 12.2. The van der Waals surface area contributed by atoms with E-state index < -0.39 is 0 Å². The third-order valence-corrected chi connectivity index (χ3v) is 4.94. The molecule has 0 aliphatic heterocycles. The number of rotatable bonds is 10. The lowest BCUT2D eigenvalue weighted by Gasteiger charge is -2.24. The summed E-state index contributed by atoms with van der Waals surface area (Å²) in [5.41, 5.74) is 2.92. The van der Waals surface area contributed by atoms with Crippen molar-refractivity contribution in [3.63, 3.8) is 0 Å². The molecule has 0 spiro atoms. The van der Waals surface area contributed by atoms with Crippen molar-refractivity contribution >= 4 is 16.9 Å². The lowest BCUT2D eigenvalue weighted by Crippen LogP contribution is -2.32. The van der Waals surface area contributed by atoms with E-state index in [0.29, 0.717) is 31.8 Å². The minimum absolute atomic E-state index is 0.000927. The van der Waals surface area contributed by atoms with E-state index in [2.05, 4.69) is 29.1 Å². The molecule has 160 valence electrons. The summed E-state index contributed by atoms with van der Waals surface area (Å²) in [5.74, 6) is 2.49. The summed E-state index contributed by atoms with van der Waals surface area (Å²) >= 11 is 0. The standard InChI is InChI=1S/C24H31N3O3/c1-5-29-20-12-11-17(15-21(20)30-6-2)24(16(3)4)27-23(28)14-13-22-25-18-9-7-8-10-19(18)26-22/h7-12,15-16,24H,5-6,13-14H2,1-4H3,(H,25,26)(H,27,28). The maximum atomic E-state index is 12.7. The predicted molar refractivity (Wildman–Crippen MR) is 119 cm³/mol. The highest BCUT2D eigenvalue weighted by molar-refractivity contribution is 5.77. The van der Waals surface area contributed by atoms with Crippen LogP contribution in [0.4, 0.5) is 0 Å². The molecule has 3 aromatic rings. The van der Waals surface area contributed by atoms with Crippen LogP contribution in [0, 0.1) is 5.92 Å². The number of benzene rings is 2. The molecular weight excluding hydrogens is 378 g/mol. The third-order valence-electron chi connectivity index (χ3n) is 4.94. The van der Waals surface area contributed by atoms with Gasteiger partial charge in [-0.2, -0.15) is 0 Å². The molecule has 0 aliphatic carbocycles. The molecule has 1 atom stereocenters. The lowest BCUT2D eigenvalue weighted by atomic mass is 9.95. The smallest absolute Gasteiger partial charge is 0.220 e. The Morgan fingerprint density at radius 3 is 2.50 bits per heavy atom. The second kappa shape index (κ2) is 10.1. The molecule has 1 unspecified atom stereocenters. The molecule has 2 N–H and O–H groups in total. The van der Waals surface area contributed by atoms with Crippen molar-refractivity contribution in [3.8, 4) is 11.5 Å². The molecule has 1 aromatic heterocycles. The van der Waals surface area contributed by atoms with Crippen LogP contribution in [0.5, 0.6) is 11.5 Å². The van der Waals surface area contributed by atoms with E-state index in [1.165, 1.54) is 0 Å². The Labute approximate surface area is 178 Å². The van der Waals surface area contributed by atoms with Gasteiger partial charge >= 0.3 is 0 Å². The molecule has 6 heteroatoms. The monoisotopic (exact) mass is 409 g/mol. The fraction of sp³-hybridized carbons (Fsp3) is 0.417. The van der Waals surface area contributed by atoms with Gasteiger partial charge in [0.25, 0.3) is 0 Å². The van der Waals surface area contributed by atoms with Gasteiger partial charge in [0.1, 0.15) is 5.82 Å². The summed E-state index contributed by atoms with van der Waals surface area (Å²) in [6.45, 7) is 9.22. The van der Waals surface area contributed by atoms with Gasteiger partial charge in [0.15, 0.2) is 11.5 Å². The van der Waals surface area contributed by atoms with Crippen LogP contribution < -0.4 is 14.8 Å². The van der Waals surface area contributed by atoms with Crippen LogP contribution in [-0.2, 0) is 11.2 Å². The van der Waals surface area contributed by atoms with Gasteiger partial charge in [0.2, 0.25) is 5.91 Å². The van der Waals surface area contributed by atoms with Gasteiger partial charge in [0, 0.05) is 12.8 Å². The van der Waals surface area contributed by atoms with E-state index in [1.54, 1.807) is 0 Å². The number of amides is 1. The SMILES string of the molecule is CCOc1ccc(C(NC(=O)CCc2nc3ccccc3[nH]2)C(C)C)cc1OCC. The topological polar surface area (TPSA) is 76.2 Å². The molecule has 0 radical (unpaired) electrons. The molecule has 6 nitrogen and oxygen atoms in total. The minimum atomic E-state index is -0.108. The van der Waals surface area contributed by atoms with Crippen LogP contribution >= 0.6 is 0 Å². The number of nitrogens with zero attached hydrogens (tertiary/aromatic N) is 1. The zero-order valence-electron chi connectivity index (χ0n) is 18.2. The van der Waals surface area contributed by atoms with Crippen LogP contribution in [-0.4, -0.2) is 29.1 Å². The number of aromatic nitrogens is 2. The summed E-state index contributed by atoms with van der Waals surface area (Å²) < 4.78 is 11.4. The number of carbonyl (C=O) groups excluding carboxylic acids is 1. The number of carbonyl (C=O) groups is 1. The van der Waals surface area contributed by atoms with Crippen molar-refractivity contribution in [1.82, 2.24) is 15.3 Å². The zero-order chi connectivity index (χ0) is 21.5. The van der Waals surface area contributed by atoms with E-state index in [4.69, 9.17) is 9.47 Å². The van der Waals surface area contributed by atoms with Crippen LogP contribution in [0.15, 0.2) is 42.5 Å². The molecule has 0 saturated heterocycles. The second-order valence-corrected chi connectivity index (χ2v) is 7.56. The maximum absolute atomic E-state index is 12.7. The molecule has 0 bridgehead atoms. The highest BCUT2D eigenvalue weighted by Gasteiger charge is 2.20. The summed E-state index contributed by atoms with van der Waals surface area (Å²) in [6.07, 6.45) is 0.942. The number of aryl methyl sites for hydroxylation is 1. The van der Waals surface area contributed by atoms with Gasteiger partial charge in [-0.1, -0.05) is 32.0 Å². The number of aromatic amines is 1. The number of ether oxygens (including phenoxy) is 2. The quantitative estimate of drug-likeness (QED) is 0.504. The predicted octanol–water partition coefficient (Wildman–Crippen LogP) is 4.81. The highest BCUT2D eigenvalue weighted by Crippen LogP contribution is 2.33. The fourth-order valence-corrected chi connectivity index (χ4v) is 3.50. The zero-order valence-corrected chi connectivity index (χ0v) is 18.2. The number of fused-ring (bicyclic) bond motifs is 1. The fourth-order valence-electron chi connectivity index (χ4n) is 3.50. The first-order valence-corrected chi connectivity index (χ1v) is 10.6. The van der Waals surface area contributed by atoms with Gasteiger partial charge in [-0.3, -0.25) is 4.79 Å². The van der Waals surface area contributed by atoms with Gasteiger partial charge < -0.3 is 19.8 Å². The molecule has 0 fully saturated rings. The number of hydrogen-bond acceptors (Lipinski definition) is 4. The Balaban J connectivity index is 1.68. The first kappa shape index (κ1) is 21.7. The van der Waals surface area contributed by atoms with Crippen LogP contribution in [0.1, 0.15) is 51.5 Å². The number of H-pyrrole nitrogens is 1. The summed E-state index contributed by atoms with van der Waals surface area (Å²) in [5, 5.41) is 3.18. The Hall–Kier alpha value is -3.02. The Morgan fingerprint density at radius 1 is 1.07 bits per heavy atom. The summed E-state index contributed by atoms with van der Waals surface area (Å²) in [4.78, 5) is 20.5. The van der Waals surface area contributed by atoms with Crippen molar-refractivity contribution in [2.45, 2.75) is 46.6 Å². The van der Waals surface area contributed by atoms with Gasteiger partial charge in [-0.05, 0) is 49.6 Å². The van der Waals surface area contributed by atoms with Crippen LogP contribution in [0.2, 0.25) is 0 Å². The Kier molecular flexibility index (Phi) is 7.33. The minimum Gasteiger partial charge on any atom is -0.490 e. The van der Waals surface area contributed by atoms with Crippen LogP contribution in [0.3, 0.4) is 0 Å².